The fourth-order valence-corrected chi connectivity index (χ4v) is 0.368. The van der Waals surface area contributed by atoms with Gasteiger partial charge in [0.05, 0.1) is 5.92 Å². The molecule has 0 aliphatic rings. The van der Waals surface area contributed by atoms with Gasteiger partial charge in [-0.2, -0.15) is 13.2 Å². The second-order valence-electron chi connectivity index (χ2n) is 1.90. The maximum absolute atomic E-state index is 12.0. The second-order valence-corrected chi connectivity index (χ2v) is 1.90. The summed E-state index contributed by atoms with van der Waals surface area (Å²) in [7, 11) is 0. The van der Waals surface area contributed by atoms with Crippen molar-refractivity contribution >= 4 is 0 Å². The van der Waals surface area contributed by atoms with Crippen LogP contribution in [-0.2, 0) is 0 Å². The molecule has 10 heavy (non-hydrogen) atoms. The zero-order chi connectivity index (χ0) is 8.36. The Kier molecular flexibility index (Phi) is 2.70. The number of rotatable bonds is 1. The minimum atomic E-state index is -4.83. The summed E-state index contributed by atoms with van der Waals surface area (Å²) in [5, 5.41) is 0. The van der Waals surface area contributed by atoms with Crippen molar-refractivity contribution in [1.82, 2.24) is 0 Å². The largest absolute Gasteiger partial charge is 0.420 e. The van der Waals surface area contributed by atoms with Crippen LogP contribution in [-0.4, -0.2) is 12.3 Å². The van der Waals surface area contributed by atoms with Crippen LogP contribution in [0, 0.1) is 18.3 Å². The second kappa shape index (κ2) is 2.91. The lowest BCUT2D eigenvalue weighted by Gasteiger charge is -2.13. The van der Waals surface area contributed by atoms with E-state index in [0.717, 1.165) is 6.92 Å². The summed E-state index contributed by atoms with van der Waals surface area (Å²) < 4.78 is 46.3. The lowest BCUT2D eigenvalue weighted by atomic mass is 10.1. The topological polar surface area (TPSA) is 0 Å². The third-order valence-electron chi connectivity index (χ3n) is 1.01. The summed E-state index contributed by atoms with van der Waals surface area (Å²) in [5.74, 6) is 0.273. The van der Waals surface area contributed by atoms with Gasteiger partial charge in [-0.25, -0.2) is 4.39 Å². The van der Waals surface area contributed by atoms with E-state index >= 15 is 0 Å². The van der Waals surface area contributed by atoms with Gasteiger partial charge in [-0.3, -0.25) is 0 Å². The monoisotopic (exact) mass is 154 g/mol. The van der Waals surface area contributed by atoms with E-state index in [1.165, 1.54) is 0 Å². The summed E-state index contributed by atoms with van der Waals surface area (Å²) >= 11 is 0. The van der Waals surface area contributed by atoms with Crippen LogP contribution < -0.4 is 0 Å². The van der Waals surface area contributed by atoms with E-state index in [1.54, 1.807) is 5.92 Å². The Labute approximate surface area is 56.2 Å². The van der Waals surface area contributed by atoms with Crippen molar-refractivity contribution in [1.29, 1.82) is 0 Å². The molecule has 0 bridgehead atoms. The van der Waals surface area contributed by atoms with Gasteiger partial charge in [0.2, 0.25) is 6.17 Å². The highest BCUT2D eigenvalue weighted by Crippen LogP contribution is 2.27. The number of halogens is 4. The molecule has 0 radical (unpaired) electrons. The minimum Gasteiger partial charge on any atom is -0.236 e. The van der Waals surface area contributed by atoms with Crippen LogP contribution in [0.2, 0.25) is 0 Å². The van der Waals surface area contributed by atoms with Crippen molar-refractivity contribution in [3.05, 3.63) is 0 Å². The molecule has 2 atom stereocenters. The van der Waals surface area contributed by atoms with Crippen LogP contribution in [0.1, 0.15) is 6.92 Å². The molecule has 0 aromatic rings. The molecule has 0 aromatic carbocycles. The molecule has 0 aliphatic heterocycles. The lowest BCUT2D eigenvalue weighted by molar-refractivity contribution is -0.187. The summed E-state index contributed by atoms with van der Waals surface area (Å²) in [6.45, 7) is 1.01. The molecule has 0 rings (SSSR count). The standard InChI is InChI=1S/C6H6F4/c1-3-4(2)5(7)6(8,9)10/h1,4-5H,2H3. The van der Waals surface area contributed by atoms with Crippen LogP contribution >= 0.6 is 0 Å². The Morgan fingerprint density at radius 2 is 1.80 bits per heavy atom. The first-order chi connectivity index (χ1) is 4.39. The summed E-state index contributed by atoms with van der Waals surface area (Å²) in [4.78, 5) is 0. The Bertz CT molecular complexity index is 141. The van der Waals surface area contributed by atoms with Crippen molar-refractivity contribution in [2.45, 2.75) is 19.3 Å². The minimum absolute atomic E-state index is 1.01. The van der Waals surface area contributed by atoms with Gasteiger partial charge in [0.25, 0.3) is 0 Å². The number of hydrogen-bond acceptors (Lipinski definition) is 0. The molecule has 0 saturated heterocycles. The molecule has 0 spiro atoms. The molecule has 2 unspecified atom stereocenters. The summed E-state index contributed by atoms with van der Waals surface area (Å²) in [6.07, 6.45) is -3.15. The molecule has 0 aliphatic carbocycles. The smallest absolute Gasteiger partial charge is 0.236 e. The van der Waals surface area contributed by atoms with E-state index in [0.29, 0.717) is 0 Å². The van der Waals surface area contributed by atoms with Crippen molar-refractivity contribution in [2.75, 3.05) is 0 Å². The van der Waals surface area contributed by atoms with Gasteiger partial charge in [0.1, 0.15) is 0 Å². The summed E-state index contributed by atoms with van der Waals surface area (Å²) in [6, 6.07) is 0. The molecule has 0 saturated carbocycles. The van der Waals surface area contributed by atoms with Gasteiger partial charge < -0.3 is 0 Å². The first kappa shape index (κ1) is 9.28. The van der Waals surface area contributed by atoms with Gasteiger partial charge >= 0.3 is 6.18 Å². The van der Waals surface area contributed by atoms with E-state index in [1.807, 2.05) is 0 Å². The normalized spacial score (nSPS) is 17.6. The third kappa shape index (κ3) is 2.26. The molecule has 0 heterocycles. The van der Waals surface area contributed by atoms with Gasteiger partial charge in [-0.05, 0) is 6.92 Å². The van der Waals surface area contributed by atoms with Gasteiger partial charge in [0.15, 0.2) is 0 Å². The van der Waals surface area contributed by atoms with Crippen molar-refractivity contribution < 1.29 is 17.6 Å². The molecule has 0 fully saturated rings. The molecule has 58 valence electrons. The Morgan fingerprint density at radius 3 is 1.90 bits per heavy atom. The number of alkyl halides is 4. The Balaban J connectivity index is 4.11. The van der Waals surface area contributed by atoms with Crippen LogP contribution in [0.15, 0.2) is 0 Å². The molecule has 4 heteroatoms. The Morgan fingerprint density at radius 1 is 1.40 bits per heavy atom. The fraction of sp³-hybridized carbons (Fsp3) is 0.667. The zero-order valence-corrected chi connectivity index (χ0v) is 5.24. The van der Waals surface area contributed by atoms with Crippen molar-refractivity contribution in [3.63, 3.8) is 0 Å². The molecule has 0 N–H and O–H groups in total. The summed E-state index contributed by atoms with van der Waals surface area (Å²) in [5.41, 5.74) is 0. The van der Waals surface area contributed by atoms with E-state index in [2.05, 4.69) is 6.42 Å². The molecule has 0 aromatic heterocycles. The highest BCUT2D eigenvalue weighted by atomic mass is 19.4. The SMILES string of the molecule is C#CC(C)C(F)C(F)(F)F. The average molecular weight is 154 g/mol. The number of hydrogen-bond donors (Lipinski definition) is 0. The van der Waals surface area contributed by atoms with Crippen LogP contribution in [0.25, 0.3) is 0 Å². The molecule has 0 amide bonds. The van der Waals surface area contributed by atoms with E-state index in [9.17, 15) is 17.6 Å². The van der Waals surface area contributed by atoms with Gasteiger partial charge in [-0.1, -0.05) is 0 Å². The highest BCUT2D eigenvalue weighted by Gasteiger charge is 2.43. The average Bonchev–Trinajstić information content (AvgIpc) is 1.83. The van der Waals surface area contributed by atoms with E-state index in [-0.39, 0.29) is 0 Å². The molecule has 0 nitrogen and oxygen atoms in total. The van der Waals surface area contributed by atoms with E-state index in [4.69, 9.17) is 0 Å². The molecular weight excluding hydrogens is 148 g/mol. The van der Waals surface area contributed by atoms with Crippen LogP contribution in [0.4, 0.5) is 17.6 Å². The quantitative estimate of drug-likeness (QED) is 0.401. The van der Waals surface area contributed by atoms with Crippen LogP contribution in [0.3, 0.4) is 0 Å². The van der Waals surface area contributed by atoms with Crippen molar-refractivity contribution in [2.24, 2.45) is 5.92 Å². The van der Waals surface area contributed by atoms with E-state index < -0.39 is 18.3 Å². The van der Waals surface area contributed by atoms with Crippen molar-refractivity contribution in [3.8, 4) is 12.3 Å². The number of terminal acetylenes is 1. The zero-order valence-electron chi connectivity index (χ0n) is 5.24. The first-order valence-electron chi connectivity index (χ1n) is 2.56. The highest BCUT2D eigenvalue weighted by molar-refractivity contribution is 4.96. The maximum Gasteiger partial charge on any atom is 0.420 e. The van der Waals surface area contributed by atoms with Gasteiger partial charge in [0, 0.05) is 0 Å². The maximum atomic E-state index is 12.0. The third-order valence-corrected chi connectivity index (χ3v) is 1.01. The van der Waals surface area contributed by atoms with Crippen LogP contribution in [0.5, 0.6) is 0 Å². The molecular formula is C6H6F4. The predicted octanol–water partition coefficient (Wildman–Crippen LogP) is 2.16. The van der Waals surface area contributed by atoms with Gasteiger partial charge in [-0.15, -0.1) is 12.3 Å². The fourth-order valence-electron chi connectivity index (χ4n) is 0.368. The predicted molar refractivity (Wildman–Crippen MR) is 28.9 cm³/mol. The lowest BCUT2D eigenvalue weighted by Crippen LogP contribution is -2.29. The first-order valence-corrected chi connectivity index (χ1v) is 2.56. The Hall–Kier alpha value is -0.720.